The van der Waals surface area contributed by atoms with E-state index in [1.54, 1.807) is 30.3 Å². The number of anilines is 1. The van der Waals surface area contributed by atoms with Gasteiger partial charge in [0.1, 0.15) is 13.2 Å². The van der Waals surface area contributed by atoms with Crippen molar-refractivity contribution in [1.82, 2.24) is 0 Å². The van der Waals surface area contributed by atoms with Crippen LogP contribution in [0.15, 0.2) is 42.5 Å². The summed E-state index contributed by atoms with van der Waals surface area (Å²) in [6.45, 7) is 0.247. The maximum atomic E-state index is 11.9. The molecule has 2 aromatic rings. The van der Waals surface area contributed by atoms with Crippen molar-refractivity contribution in [1.29, 1.82) is 0 Å². The quantitative estimate of drug-likeness (QED) is 0.593. The SMILES string of the molecule is Nc1cc2ccc1COC(=O)c1ccc(cc1)C(=O)OC2. The Morgan fingerprint density at radius 1 is 0.810 bits per heavy atom. The summed E-state index contributed by atoms with van der Waals surface area (Å²) >= 11 is 0. The molecule has 4 heterocycles. The zero-order valence-corrected chi connectivity index (χ0v) is 11.2. The topological polar surface area (TPSA) is 78.6 Å². The number of hydrogen-bond donors (Lipinski definition) is 1. The van der Waals surface area contributed by atoms with Crippen LogP contribution in [0, 0.1) is 0 Å². The molecule has 0 unspecified atom stereocenters. The van der Waals surface area contributed by atoms with E-state index in [4.69, 9.17) is 15.2 Å². The number of nitrogen functional groups attached to an aromatic ring is 1. The van der Waals surface area contributed by atoms with Gasteiger partial charge in [0.2, 0.25) is 0 Å². The van der Waals surface area contributed by atoms with E-state index in [0.717, 1.165) is 5.56 Å². The molecule has 4 bridgehead atoms. The third kappa shape index (κ3) is 2.72. The Morgan fingerprint density at radius 3 is 1.95 bits per heavy atom. The molecular formula is C16H13NO4. The summed E-state index contributed by atoms with van der Waals surface area (Å²) in [5.74, 6) is -0.912. The normalized spacial score (nSPS) is 14.5. The van der Waals surface area contributed by atoms with E-state index in [-0.39, 0.29) is 13.2 Å². The Morgan fingerprint density at radius 2 is 1.38 bits per heavy atom. The van der Waals surface area contributed by atoms with Crippen molar-refractivity contribution >= 4 is 17.6 Å². The van der Waals surface area contributed by atoms with Crippen LogP contribution in [0.1, 0.15) is 31.8 Å². The monoisotopic (exact) mass is 283 g/mol. The van der Waals surface area contributed by atoms with E-state index in [2.05, 4.69) is 0 Å². The van der Waals surface area contributed by atoms with Crippen molar-refractivity contribution in [2.75, 3.05) is 5.73 Å². The lowest BCUT2D eigenvalue weighted by Gasteiger charge is -2.12. The first-order valence-electron chi connectivity index (χ1n) is 6.45. The summed E-state index contributed by atoms with van der Waals surface area (Å²) in [6.07, 6.45) is 0. The van der Waals surface area contributed by atoms with Gasteiger partial charge in [0, 0.05) is 11.3 Å². The molecular weight excluding hydrogens is 270 g/mol. The van der Waals surface area contributed by atoms with Gasteiger partial charge < -0.3 is 15.2 Å². The molecule has 0 aromatic heterocycles. The van der Waals surface area contributed by atoms with Crippen LogP contribution in [0.5, 0.6) is 0 Å². The number of nitrogens with two attached hydrogens (primary N) is 1. The molecule has 5 nitrogen and oxygen atoms in total. The van der Waals surface area contributed by atoms with Crippen LogP contribution >= 0.6 is 0 Å². The fraction of sp³-hybridized carbons (Fsp3) is 0.125. The lowest BCUT2D eigenvalue weighted by Crippen LogP contribution is -2.10. The molecule has 0 saturated carbocycles. The molecule has 21 heavy (non-hydrogen) atoms. The van der Waals surface area contributed by atoms with Gasteiger partial charge in [0.05, 0.1) is 11.1 Å². The summed E-state index contributed by atoms with van der Waals surface area (Å²) < 4.78 is 10.4. The van der Waals surface area contributed by atoms with Crippen molar-refractivity contribution < 1.29 is 19.1 Å². The van der Waals surface area contributed by atoms with E-state index >= 15 is 0 Å². The molecule has 5 heteroatoms. The molecule has 2 N–H and O–H groups in total. The average Bonchev–Trinajstić information content (AvgIpc) is 2.51. The second-order valence-electron chi connectivity index (χ2n) is 4.76. The van der Waals surface area contributed by atoms with Crippen LogP contribution in [0.2, 0.25) is 0 Å². The number of rotatable bonds is 0. The van der Waals surface area contributed by atoms with Gasteiger partial charge in [-0.15, -0.1) is 0 Å². The summed E-state index contributed by atoms with van der Waals surface area (Å²) in [7, 11) is 0. The number of benzene rings is 2. The largest absolute Gasteiger partial charge is 0.457 e. The predicted octanol–water partition coefficient (Wildman–Crippen LogP) is 2.30. The van der Waals surface area contributed by atoms with Gasteiger partial charge >= 0.3 is 11.9 Å². The Kier molecular flexibility index (Phi) is 3.31. The van der Waals surface area contributed by atoms with E-state index in [0.29, 0.717) is 22.4 Å². The average molecular weight is 283 g/mol. The molecule has 0 saturated heterocycles. The van der Waals surface area contributed by atoms with Crippen LogP contribution in [-0.4, -0.2) is 11.9 Å². The van der Waals surface area contributed by atoms with Gasteiger partial charge in [0.15, 0.2) is 0 Å². The van der Waals surface area contributed by atoms with Gasteiger partial charge in [-0.2, -0.15) is 0 Å². The third-order valence-corrected chi connectivity index (χ3v) is 3.30. The zero-order chi connectivity index (χ0) is 14.8. The first kappa shape index (κ1) is 13.2. The number of carbonyl (C=O) groups excluding carboxylic acids is 2. The molecule has 4 aliphatic rings. The number of hydrogen-bond acceptors (Lipinski definition) is 5. The van der Waals surface area contributed by atoms with Crippen LogP contribution < -0.4 is 5.73 Å². The van der Waals surface area contributed by atoms with Crippen LogP contribution in [0.4, 0.5) is 5.69 Å². The molecule has 2 aromatic carbocycles. The number of esters is 2. The minimum absolute atomic E-state index is 0.104. The fourth-order valence-electron chi connectivity index (χ4n) is 2.07. The molecule has 4 aliphatic heterocycles. The van der Waals surface area contributed by atoms with E-state index in [1.165, 1.54) is 12.1 Å². The van der Waals surface area contributed by atoms with Crippen LogP contribution in [-0.2, 0) is 22.7 Å². The zero-order valence-electron chi connectivity index (χ0n) is 11.2. The van der Waals surface area contributed by atoms with Gasteiger partial charge in [-0.05, 0) is 35.9 Å². The highest BCUT2D eigenvalue weighted by Crippen LogP contribution is 2.18. The van der Waals surface area contributed by atoms with Gasteiger partial charge in [-0.1, -0.05) is 12.1 Å². The lowest BCUT2D eigenvalue weighted by molar-refractivity contribution is 0.0455. The highest BCUT2D eigenvalue weighted by atomic mass is 16.5. The third-order valence-electron chi connectivity index (χ3n) is 3.30. The van der Waals surface area contributed by atoms with Gasteiger partial charge in [0.25, 0.3) is 0 Å². The highest BCUT2D eigenvalue weighted by molar-refractivity contribution is 5.93. The van der Waals surface area contributed by atoms with Crippen LogP contribution in [0.25, 0.3) is 0 Å². The predicted molar refractivity (Wildman–Crippen MR) is 75.5 cm³/mol. The first-order valence-corrected chi connectivity index (χ1v) is 6.45. The second kappa shape index (κ2) is 5.28. The Balaban J connectivity index is 1.98. The molecule has 0 atom stereocenters. The smallest absolute Gasteiger partial charge is 0.338 e. The summed E-state index contributed by atoms with van der Waals surface area (Å²) in [4.78, 5) is 23.8. The minimum atomic E-state index is -0.463. The standard InChI is InChI=1S/C16H13NO4/c17-14-7-10-1-2-13(14)9-21-16(19)12-5-3-11(4-6-12)15(18)20-8-10/h1-7H,8-9,17H2. The van der Waals surface area contributed by atoms with Crippen molar-refractivity contribution in [3.8, 4) is 0 Å². The Hall–Kier alpha value is -2.82. The summed E-state index contributed by atoms with van der Waals surface area (Å²) in [5.41, 5.74) is 8.66. The Bertz CT molecular complexity index is 707. The number of ether oxygens (including phenoxy) is 2. The van der Waals surface area contributed by atoms with Gasteiger partial charge in [-0.25, -0.2) is 9.59 Å². The minimum Gasteiger partial charge on any atom is -0.457 e. The maximum Gasteiger partial charge on any atom is 0.338 e. The molecule has 0 spiro atoms. The molecule has 0 amide bonds. The lowest BCUT2D eigenvalue weighted by atomic mass is 10.1. The second-order valence-corrected chi connectivity index (χ2v) is 4.76. The molecule has 0 aliphatic carbocycles. The van der Waals surface area contributed by atoms with E-state index < -0.39 is 11.9 Å². The molecule has 0 fully saturated rings. The molecule has 0 radical (unpaired) electrons. The maximum absolute atomic E-state index is 11.9. The van der Waals surface area contributed by atoms with E-state index in [1.807, 2.05) is 0 Å². The summed E-state index contributed by atoms with van der Waals surface area (Å²) in [5, 5.41) is 0. The Labute approximate surface area is 121 Å². The molecule has 106 valence electrons. The van der Waals surface area contributed by atoms with Crippen LogP contribution in [0.3, 0.4) is 0 Å². The van der Waals surface area contributed by atoms with Crippen molar-refractivity contribution in [2.45, 2.75) is 13.2 Å². The van der Waals surface area contributed by atoms with E-state index in [9.17, 15) is 9.59 Å². The molecule has 6 rings (SSSR count). The van der Waals surface area contributed by atoms with Crippen molar-refractivity contribution in [2.24, 2.45) is 0 Å². The summed E-state index contributed by atoms with van der Waals surface area (Å²) in [6, 6.07) is 11.4. The van der Waals surface area contributed by atoms with Crippen molar-refractivity contribution in [3.63, 3.8) is 0 Å². The highest BCUT2D eigenvalue weighted by Gasteiger charge is 2.13. The number of carbonyl (C=O) groups is 2. The van der Waals surface area contributed by atoms with Crippen molar-refractivity contribution in [3.05, 3.63) is 64.7 Å². The first-order chi connectivity index (χ1) is 10.1. The van der Waals surface area contributed by atoms with Gasteiger partial charge in [-0.3, -0.25) is 0 Å². The fourth-order valence-corrected chi connectivity index (χ4v) is 2.07.